The van der Waals surface area contributed by atoms with Crippen LogP contribution in [0.25, 0.3) is 0 Å². The van der Waals surface area contributed by atoms with E-state index in [9.17, 15) is 4.39 Å². The van der Waals surface area contributed by atoms with Gasteiger partial charge in [-0.3, -0.25) is 0 Å². The van der Waals surface area contributed by atoms with Gasteiger partial charge in [-0.15, -0.1) is 0 Å². The highest BCUT2D eigenvalue weighted by molar-refractivity contribution is 5.43. The van der Waals surface area contributed by atoms with Gasteiger partial charge in [-0.25, -0.2) is 4.39 Å². The SMILES string of the molecule is COc1ccc(F)cc1C1(C2CNC2)COC1. The lowest BCUT2D eigenvalue weighted by Gasteiger charge is -2.51. The molecular formula is C13H16FNO2. The maximum absolute atomic E-state index is 13.4. The molecule has 0 aliphatic carbocycles. The molecule has 2 fully saturated rings. The predicted molar refractivity (Wildman–Crippen MR) is 61.8 cm³/mol. The third kappa shape index (κ3) is 1.55. The van der Waals surface area contributed by atoms with Crippen LogP contribution in [0.4, 0.5) is 4.39 Å². The van der Waals surface area contributed by atoms with E-state index in [1.807, 2.05) is 0 Å². The Bertz CT molecular complexity index is 427. The van der Waals surface area contributed by atoms with Crippen molar-refractivity contribution < 1.29 is 13.9 Å². The Labute approximate surface area is 99.9 Å². The fourth-order valence-corrected chi connectivity index (χ4v) is 2.68. The summed E-state index contributed by atoms with van der Waals surface area (Å²) in [5.74, 6) is 1.08. The standard InChI is InChI=1S/C13H16FNO2/c1-16-12-3-2-10(14)4-11(12)13(7-17-8-13)9-5-15-6-9/h2-4,9,15H,5-8H2,1H3. The monoisotopic (exact) mass is 237 g/mol. The van der Waals surface area contributed by atoms with Crippen LogP contribution in [0.2, 0.25) is 0 Å². The molecule has 92 valence electrons. The minimum Gasteiger partial charge on any atom is -0.496 e. The van der Waals surface area contributed by atoms with Gasteiger partial charge in [-0.05, 0) is 24.1 Å². The third-order valence-electron chi connectivity index (χ3n) is 3.98. The fraction of sp³-hybridized carbons (Fsp3) is 0.538. The largest absolute Gasteiger partial charge is 0.496 e. The highest BCUT2D eigenvalue weighted by Gasteiger charge is 2.50. The van der Waals surface area contributed by atoms with Gasteiger partial charge in [0.2, 0.25) is 0 Å². The number of hydrogen-bond donors (Lipinski definition) is 1. The number of ether oxygens (including phenoxy) is 2. The van der Waals surface area contributed by atoms with Crippen LogP contribution in [0.1, 0.15) is 5.56 Å². The second-order valence-corrected chi connectivity index (χ2v) is 4.85. The molecule has 1 N–H and O–H groups in total. The fourth-order valence-electron chi connectivity index (χ4n) is 2.68. The quantitative estimate of drug-likeness (QED) is 0.860. The van der Waals surface area contributed by atoms with Gasteiger partial charge in [0.15, 0.2) is 0 Å². The number of methoxy groups -OCH3 is 1. The zero-order valence-electron chi connectivity index (χ0n) is 9.83. The molecule has 3 nitrogen and oxygen atoms in total. The Morgan fingerprint density at radius 2 is 2.18 bits per heavy atom. The lowest BCUT2D eigenvalue weighted by Crippen LogP contribution is -2.62. The molecule has 2 heterocycles. The smallest absolute Gasteiger partial charge is 0.123 e. The van der Waals surface area contributed by atoms with E-state index in [0.29, 0.717) is 19.1 Å². The van der Waals surface area contributed by atoms with Gasteiger partial charge < -0.3 is 14.8 Å². The highest BCUT2D eigenvalue weighted by Crippen LogP contribution is 2.45. The topological polar surface area (TPSA) is 30.5 Å². The van der Waals surface area contributed by atoms with Crippen molar-refractivity contribution in [1.29, 1.82) is 0 Å². The van der Waals surface area contributed by atoms with Gasteiger partial charge in [-0.2, -0.15) is 0 Å². The minimum absolute atomic E-state index is 0.0569. The first-order chi connectivity index (χ1) is 8.26. The summed E-state index contributed by atoms with van der Waals surface area (Å²) in [5, 5.41) is 3.27. The van der Waals surface area contributed by atoms with Crippen LogP contribution >= 0.6 is 0 Å². The Hall–Kier alpha value is -1.13. The van der Waals surface area contributed by atoms with Gasteiger partial charge in [0.05, 0.1) is 25.7 Å². The van der Waals surface area contributed by atoms with Gasteiger partial charge in [0, 0.05) is 18.7 Å². The van der Waals surface area contributed by atoms with E-state index in [4.69, 9.17) is 9.47 Å². The van der Waals surface area contributed by atoms with Crippen molar-refractivity contribution >= 4 is 0 Å². The molecule has 0 bridgehead atoms. The van der Waals surface area contributed by atoms with Crippen molar-refractivity contribution in [3.8, 4) is 5.75 Å². The van der Waals surface area contributed by atoms with Crippen molar-refractivity contribution in [3.05, 3.63) is 29.6 Å². The van der Waals surface area contributed by atoms with Gasteiger partial charge in [0.25, 0.3) is 0 Å². The van der Waals surface area contributed by atoms with Crippen molar-refractivity contribution in [3.63, 3.8) is 0 Å². The molecule has 0 saturated carbocycles. The first-order valence-corrected chi connectivity index (χ1v) is 5.89. The summed E-state index contributed by atoms with van der Waals surface area (Å²) < 4.78 is 24.2. The van der Waals surface area contributed by atoms with Crippen LogP contribution in [-0.2, 0) is 10.2 Å². The molecule has 0 amide bonds. The number of hydrogen-bond acceptors (Lipinski definition) is 3. The van der Waals surface area contributed by atoms with Gasteiger partial charge in [0.1, 0.15) is 11.6 Å². The van der Waals surface area contributed by atoms with E-state index in [1.54, 1.807) is 19.2 Å². The number of nitrogens with one attached hydrogen (secondary N) is 1. The number of rotatable bonds is 3. The highest BCUT2D eigenvalue weighted by atomic mass is 19.1. The molecule has 1 aromatic rings. The molecule has 0 aromatic heterocycles. The molecule has 2 aliphatic rings. The normalized spacial score (nSPS) is 22.7. The van der Waals surface area contributed by atoms with Crippen LogP contribution in [0, 0.1) is 11.7 Å². The molecule has 2 aliphatic heterocycles. The summed E-state index contributed by atoms with van der Waals surface area (Å²) in [6.45, 7) is 3.28. The van der Waals surface area contributed by atoms with E-state index in [0.717, 1.165) is 24.4 Å². The molecule has 0 radical (unpaired) electrons. The summed E-state index contributed by atoms with van der Waals surface area (Å²) in [4.78, 5) is 0. The van der Waals surface area contributed by atoms with Crippen molar-refractivity contribution in [1.82, 2.24) is 5.32 Å². The molecule has 3 rings (SSSR count). The van der Waals surface area contributed by atoms with Crippen LogP contribution < -0.4 is 10.1 Å². The maximum atomic E-state index is 13.4. The van der Waals surface area contributed by atoms with Crippen molar-refractivity contribution in [2.45, 2.75) is 5.41 Å². The van der Waals surface area contributed by atoms with Gasteiger partial charge in [-0.1, -0.05) is 0 Å². The van der Waals surface area contributed by atoms with Crippen molar-refractivity contribution in [2.75, 3.05) is 33.4 Å². The third-order valence-corrected chi connectivity index (χ3v) is 3.98. The Kier molecular flexibility index (Phi) is 2.56. The van der Waals surface area contributed by atoms with E-state index < -0.39 is 0 Å². The van der Waals surface area contributed by atoms with Crippen LogP contribution in [0.15, 0.2) is 18.2 Å². The van der Waals surface area contributed by atoms with E-state index >= 15 is 0 Å². The van der Waals surface area contributed by atoms with Crippen LogP contribution in [0.5, 0.6) is 5.75 Å². The van der Waals surface area contributed by atoms with E-state index in [1.165, 1.54) is 6.07 Å². The number of halogens is 1. The van der Waals surface area contributed by atoms with Gasteiger partial charge >= 0.3 is 0 Å². The first-order valence-electron chi connectivity index (χ1n) is 5.89. The minimum atomic E-state index is -0.209. The van der Waals surface area contributed by atoms with Crippen molar-refractivity contribution in [2.24, 2.45) is 5.92 Å². The maximum Gasteiger partial charge on any atom is 0.123 e. The zero-order chi connectivity index (χ0) is 11.9. The molecule has 2 saturated heterocycles. The molecule has 4 heteroatoms. The van der Waals surface area contributed by atoms with E-state index in [2.05, 4.69) is 5.32 Å². The summed E-state index contributed by atoms with van der Waals surface area (Å²) in [6, 6.07) is 4.74. The molecule has 17 heavy (non-hydrogen) atoms. The number of benzene rings is 1. The molecule has 0 spiro atoms. The van der Waals surface area contributed by atoms with E-state index in [-0.39, 0.29) is 11.2 Å². The molecule has 0 atom stereocenters. The van der Waals surface area contributed by atoms with Crippen LogP contribution in [0.3, 0.4) is 0 Å². The zero-order valence-corrected chi connectivity index (χ0v) is 9.83. The molecule has 1 aromatic carbocycles. The van der Waals surface area contributed by atoms with Crippen LogP contribution in [-0.4, -0.2) is 33.4 Å². The summed E-state index contributed by atoms with van der Waals surface area (Å²) in [5.41, 5.74) is 0.899. The first kappa shape index (κ1) is 11.0. The summed E-state index contributed by atoms with van der Waals surface area (Å²) in [6.07, 6.45) is 0. The Morgan fingerprint density at radius 1 is 1.41 bits per heavy atom. The average molecular weight is 237 g/mol. The Morgan fingerprint density at radius 3 is 2.65 bits per heavy atom. The lowest BCUT2D eigenvalue weighted by atomic mass is 9.66. The second-order valence-electron chi connectivity index (χ2n) is 4.85. The predicted octanol–water partition coefficient (Wildman–Crippen LogP) is 1.32. The summed E-state index contributed by atoms with van der Waals surface area (Å²) >= 11 is 0. The molecule has 0 unspecified atom stereocenters. The average Bonchev–Trinajstić information content (AvgIpc) is 2.20. The lowest BCUT2D eigenvalue weighted by molar-refractivity contribution is -0.102. The summed E-state index contributed by atoms with van der Waals surface area (Å²) in [7, 11) is 1.63. The molecular weight excluding hydrogens is 221 g/mol. The Balaban J connectivity index is 2.03. The second kappa shape index (κ2) is 3.96.